The predicted octanol–water partition coefficient (Wildman–Crippen LogP) is 12.2. The highest BCUT2D eigenvalue weighted by molar-refractivity contribution is 6.87. The molecule has 0 radical (unpaired) electrons. The Morgan fingerprint density at radius 2 is 1.14 bits per heavy atom. The Morgan fingerprint density at radius 1 is 0.660 bits per heavy atom. The van der Waals surface area contributed by atoms with Crippen molar-refractivity contribution in [1.29, 1.82) is 0 Å². The number of ether oxygens (including phenoxy) is 1. The molecule has 0 spiro atoms. The van der Waals surface area contributed by atoms with Crippen LogP contribution in [0.1, 0.15) is 177 Å². The molecule has 2 aromatic rings. The number of carbonyl (C=O) groups excluding carboxylic acids is 1. The third-order valence-electron chi connectivity index (χ3n) is 9.19. The van der Waals surface area contributed by atoms with Crippen LogP contribution >= 0.6 is 0 Å². The Bertz CT molecular complexity index is 1440. The molecule has 0 saturated heterocycles. The average molecular weight is 697 g/mol. The molecule has 1 unspecified atom stereocenters. The van der Waals surface area contributed by atoms with Crippen LogP contribution in [0.2, 0.25) is 19.6 Å². The first-order valence-corrected chi connectivity index (χ1v) is 23.5. The lowest BCUT2D eigenvalue weighted by Crippen LogP contribution is -2.36. The lowest BCUT2D eigenvalue weighted by Gasteiger charge is -2.22. The Balaban J connectivity index is 2.54. The summed E-state index contributed by atoms with van der Waals surface area (Å²) in [6, 6.07) is 6.43. The van der Waals surface area contributed by atoms with Gasteiger partial charge in [0.05, 0.1) is 11.6 Å². The SMILES string of the molecule is CCCCCCCC#CCc1ccc(C(OC(C)=O)c2coc([Si](C)(C)C)c2)c(CC#CCCCCCCC)c1CC#CCCCCCCC. The summed E-state index contributed by atoms with van der Waals surface area (Å²) < 4.78 is 12.2. The highest BCUT2D eigenvalue weighted by Gasteiger charge is 2.28. The summed E-state index contributed by atoms with van der Waals surface area (Å²) in [5.74, 6) is 20.7. The Labute approximate surface area is 308 Å². The monoisotopic (exact) mass is 696 g/mol. The normalized spacial score (nSPS) is 11.5. The van der Waals surface area contributed by atoms with Gasteiger partial charge >= 0.3 is 5.97 Å². The molecule has 0 N–H and O–H groups in total. The van der Waals surface area contributed by atoms with Crippen molar-refractivity contribution < 1.29 is 13.9 Å². The zero-order valence-corrected chi connectivity index (χ0v) is 34.0. The second-order valence-corrected chi connectivity index (χ2v) is 19.8. The number of benzene rings is 1. The quantitative estimate of drug-likeness (QED) is 0.0532. The molecule has 0 aliphatic carbocycles. The van der Waals surface area contributed by atoms with Crippen LogP contribution in [0, 0.1) is 35.5 Å². The van der Waals surface area contributed by atoms with Gasteiger partial charge in [0.2, 0.25) is 0 Å². The van der Waals surface area contributed by atoms with Gasteiger partial charge in [0, 0.05) is 56.6 Å². The molecule has 2 rings (SSSR count). The number of hydrogen-bond acceptors (Lipinski definition) is 3. The van der Waals surface area contributed by atoms with Crippen LogP contribution in [-0.2, 0) is 28.8 Å². The van der Waals surface area contributed by atoms with Crippen LogP contribution < -0.4 is 5.38 Å². The first-order valence-electron chi connectivity index (χ1n) is 20.0. The summed E-state index contributed by atoms with van der Waals surface area (Å²) in [7, 11) is -1.71. The number of unbranched alkanes of at least 4 members (excludes halogenated alkanes) is 15. The van der Waals surface area contributed by atoms with Crippen LogP contribution in [0.15, 0.2) is 28.9 Å². The van der Waals surface area contributed by atoms with E-state index in [1.165, 1.54) is 95.1 Å². The van der Waals surface area contributed by atoms with Crippen molar-refractivity contribution in [2.75, 3.05) is 0 Å². The van der Waals surface area contributed by atoms with Crippen molar-refractivity contribution in [3.05, 3.63) is 52.3 Å². The summed E-state index contributed by atoms with van der Waals surface area (Å²) >= 11 is 0. The molecule has 274 valence electrons. The fourth-order valence-corrected chi connectivity index (χ4v) is 7.15. The molecule has 1 atom stereocenters. The van der Waals surface area contributed by atoms with E-state index in [2.05, 4.69) is 94.1 Å². The molecule has 1 aromatic carbocycles. The molecule has 0 fully saturated rings. The number of hydrogen-bond donors (Lipinski definition) is 0. The second-order valence-electron chi connectivity index (χ2n) is 14.8. The Morgan fingerprint density at radius 3 is 1.60 bits per heavy atom. The van der Waals surface area contributed by atoms with Gasteiger partial charge in [-0.15, -0.1) is 17.8 Å². The maximum Gasteiger partial charge on any atom is 0.303 e. The van der Waals surface area contributed by atoms with Gasteiger partial charge in [0.1, 0.15) is 8.07 Å². The maximum absolute atomic E-state index is 12.6. The number of furan rings is 1. The fraction of sp³-hybridized carbons (Fsp3) is 0.630. The topological polar surface area (TPSA) is 39.4 Å². The second kappa shape index (κ2) is 25.8. The molecular formula is C46H68O3Si. The average Bonchev–Trinajstić information content (AvgIpc) is 3.59. The van der Waals surface area contributed by atoms with E-state index in [1.807, 2.05) is 0 Å². The Kier molecular flexibility index (Phi) is 22.2. The van der Waals surface area contributed by atoms with Crippen LogP contribution in [-0.4, -0.2) is 14.0 Å². The number of esters is 1. The first kappa shape index (κ1) is 43.0. The van der Waals surface area contributed by atoms with E-state index in [4.69, 9.17) is 9.15 Å². The zero-order chi connectivity index (χ0) is 36.5. The van der Waals surface area contributed by atoms with Gasteiger partial charge in [-0.2, -0.15) is 0 Å². The summed E-state index contributed by atoms with van der Waals surface area (Å²) in [5.41, 5.74) is 5.38. The summed E-state index contributed by atoms with van der Waals surface area (Å²) in [6.07, 6.45) is 24.6. The number of carbonyl (C=O) groups is 1. The number of rotatable bonds is 22. The Hall–Kier alpha value is -3.13. The van der Waals surface area contributed by atoms with E-state index in [9.17, 15) is 4.79 Å². The summed E-state index contributed by atoms with van der Waals surface area (Å²) in [5, 5.41) is 1.00. The van der Waals surface area contributed by atoms with E-state index < -0.39 is 14.2 Å². The van der Waals surface area contributed by atoms with E-state index in [-0.39, 0.29) is 5.97 Å². The van der Waals surface area contributed by atoms with Gasteiger partial charge in [-0.25, -0.2) is 0 Å². The largest absolute Gasteiger partial charge is 0.474 e. The minimum atomic E-state index is -1.71. The fourth-order valence-electron chi connectivity index (χ4n) is 6.13. The molecular weight excluding hydrogens is 629 g/mol. The van der Waals surface area contributed by atoms with Gasteiger partial charge in [0.25, 0.3) is 0 Å². The zero-order valence-electron chi connectivity index (χ0n) is 33.0. The molecule has 0 amide bonds. The molecule has 1 heterocycles. The van der Waals surface area contributed by atoms with Crippen LogP contribution in [0.4, 0.5) is 0 Å². The lowest BCUT2D eigenvalue weighted by molar-refractivity contribution is -0.144. The van der Waals surface area contributed by atoms with Gasteiger partial charge in [-0.1, -0.05) is 147 Å². The molecule has 4 heteroatoms. The molecule has 0 bridgehead atoms. The highest BCUT2D eigenvalue weighted by atomic mass is 28.3. The van der Waals surface area contributed by atoms with Gasteiger partial charge in [-0.3, -0.25) is 4.79 Å². The molecule has 1 aromatic heterocycles. The van der Waals surface area contributed by atoms with Gasteiger partial charge in [0.15, 0.2) is 6.10 Å². The molecule has 3 nitrogen and oxygen atoms in total. The van der Waals surface area contributed by atoms with Crippen molar-refractivity contribution in [1.82, 2.24) is 0 Å². The highest BCUT2D eigenvalue weighted by Crippen LogP contribution is 2.33. The third kappa shape index (κ3) is 17.2. The minimum absolute atomic E-state index is 0.312. The summed E-state index contributed by atoms with van der Waals surface area (Å²) in [6.45, 7) is 15.0. The van der Waals surface area contributed by atoms with Crippen molar-refractivity contribution in [3.63, 3.8) is 0 Å². The van der Waals surface area contributed by atoms with Crippen molar-refractivity contribution in [2.45, 2.75) is 188 Å². The van der Waals surface area contributed by atoms with E-state index >= 15 is 0 Å². The standard InChI is InChI=1S/C46H68O3Si/c1-8-11-14-17-20-23-26-29-32-40-35-36-44(46(49-39(4)47)41-37-45(48-38-41)50(5,6)7)43(34-31-28-25-22-19-16-13-10-3)42(40)33-30-27-24-21-18-15-12-9-2/h35-38,46H,8-25,32-34H2,1-7H3. The molecule has 0 aliphatic rings. The first-order chi connectivity index (χ1) is 24.2. The summed E-state index contributed by atoms with van der Waals surface area (Å²) in [4.78, 5) is 12.6. The van der Waals surface area contributed by atoms with E-state index in [1.54, 1.807) is 6.26 Å². The molecule has 0 saturated carbocycles. The van der Waals surface area contributed by atoms with E-state index in [0.29, 0.717) is 19.3 Å². The minimum Gasteiger partial charge on any atom is -0.474 e. The lowest BCUT2D eigenvalue weighted by atomic mass is 9.87. The molecule has 50 heavy (non-hydrogen) atoms. The van der Waals surface area contributed by atoms with Crippen molar-refractivity contribution in [2.24, 2.45) is 0 Å². The van der Waals surface area contributed by atoms with E-state index in [0.717, 1.165) is 60.6 Å². The van der Waals surface area contributed by atoms with Crippen LogP contribution in [0.3, 0.4) is 0 Å². The van der Waals surface area contributed by atoms with Gasteiger partial charge in [-0.05, 0) is 42.0 Å². The third-order valence-corrected chi connectivity index (χ3v) is 10.9. The van der Waals surface area contributed by atoms with Crippen LogP contribution in [0.5, 0.6) is 0 Å². The van der Waals surface area contributed by atoms with Gasteiger partial charge < -0.3 is 9.15 Å². The maximum atomic E-state index is 12.6. The predicted molar refractivity (Wildman–Crippen MR) is 216 cm³/mol. The smallest absolute Gasteiger partial charge is 0.303 e. The van der Waals surface area contributed by atoms with Crippen molar-refractivity contribution >= 4 is 19.4 Å². The van der Waals surface area contributed by atoms with Crippen molar-refractivity contribution in [3.8, 4) is 35.5 Å². The molecule has 0 aliphatic heterocycles. The van der Waals surface area contributed by atoms with Crippen LogP contribution in [0.25, 0.3) is 0 Å².